The average molecular weight is 419 g/mol. The predicted octanol–water partition coefficient (Wildman–Crippen LogP) is 4.03. The van der Waals surface area contributed by atoms with Crippen LogP contribution in [-0.4, -0.2) is 25.0 Å². The maximum absolute atomic E-state index is 15.1. The topological polar surface area (TPSA) is 91.7 Å². The van der Waals surface area contributed by atoms with E-state index in [4.69, 9.17) is 33.7 Å². The SMILES string of the molecule is Cn1ncc(COc2cc(F)c(-c3cccc(Cl)c3Cl)c3ncnc(N)c23)n1. The maximum atomic E-state index is 15.1. The summed E-state index contributed by atoms with van der Waals surface area (Å²) in [5.41, 5.74) is 7.47. The van der Waals surface area contributed by atoms with Gasteiger partial charge >= 0.3 is 0 Å². The Morgan fingerprint density at radius 2 is 2.07 bits per heavy atom. The van der Waals surface area contributed by atoms with E-state index in [9.17, 15) is 0 Å². The van der Waals surface area contributed by atoms with Gasteiger partial charge in [0.05, 0.1) is 27.1 Å². The van der Waals surface area contributed by atoms with Gasteiger partial charge in [0.2, 0.25) is 0 Å². The van der Waals surface area contributed by atoms with Gasteiger partial charge in [0.1, 0.15) is 36.0 Å². The highest BCUT2D eigenvalue weighted by Gasteiger charge is 2.21. The minimum atomic E-state index is -0.580. The summed E-state index contributed by atoms with van der Waals surface area (Å²) in [5.74, 6) is -0.236. The second kappa shape index (κ2) is 7.21. The molecule has 0 saturated carbocycles. The Labute approximate surface area is 168 Å². The molecule has 0 atom stereocenters. The fourth-order valence-electron chi connectivity index (χ4n) is 2.88. The molecule has 142 valence electrons. The second-order valence-electron chi connectivity index (χ2n) is 5.93. The van der Waals surface area contributed by atoms with Crippen molar-refractivity contribution in [3.05, 3.63) is 58.3 Å². The summed E-state index contributed by atoms with van der Waals surface area (Å²) in [4.78, 5) is 9.63. The molecule has 28 heavy (non-hydrogen) atoms. The van der Waals surface area contributed by atoms with Crippen LogP contribution in [0.1, 0.15) is 5.69 Å². The number of rotatable bonds is 4. The Bertz CT molecular complexity index is 1200. The zero-order chi connectivity index (χ0) is 19.8. The summed E-state index contributed by atoms with van der Waals surface area (Å²) in [6.07, 6.45) is 2.81. The molecule has 2 aromatic heterocycles. The highest BCUT2D eigenvalue weighted by molar-refractivity contribution is 6.44. The van der Waals surface area contributed by atoms with Crippen LogP contribution >= 0.6 is 23.2 Å². The largest absolute Gasteiger partial charge is 0.486 e. The lowest BCUT2D eigenvalue weighted by atomic mass is 10.0. The number of aromatic nitrogens is 5. The van der Waals surface area contributed by atoms with Crippen molar-refractivity contribution >= 4 is 39.9 Å². The van der Waals surface area contributed by atoms with Crippen LogP contribution in [-0.2, 0) is 13.7 Å². The zero-order valence-electron chi connectivity index (χ0n) is 14.5. The van der Waals surface area contributed by atoms with Gasteiger partial charge in [-0.3, -0.25) is 0 Å². The van der Waals surface area contributed by atoms with Gasteiger partial charge in [-0.1, -0.05) is 35.3 Å². The summed E-state index contributed by atoms with van der Waals surface area (Å²) in [6, 6.07) is 6.18. The second-order valence-corrected chi connectivity index (χ2v) is 6.71. The first-order valence-electron chi connectivity index (χ1n) is 8.10. The van der Waals surface area contributed by atoms with E-state index in [-0.39, 0.29) is 34.3 Å². The van der Waals surface area contributed by atoms with E-state index in [1.54, 1.807) is 31.4 Å². The lowest BCUT2D eigenvalue weighted by Gasteiger charge is -2.15. The van der Waals surface area contributed by atoms with Crippen molar-refractivity contribution in [3.8, 4) is 16.9 Å². The van der Waals surface area contributed by atoms with E-state index in [2.05, 4.69) is 20.2 Å². The number of halogens is 3. The number of hydrogen-bond donors (Lipinski definition) is 1. The summed E-state index contributed by atoms with van der Waals surface area (Å²) < 4.78 is 20.9. The minimum absolute atomic E-state index is 0.0774. The number of nitrogen functional groups attached to an aromatic ring is 1. The van der Waals surface area contributed by atoms with E-state index < -0.39 is 5.82 Å². The molecular weight excluding hydrogens is 406 g/mol. The van der Waals surface area contributed by atoms with E-state index in [1.165, 1.54) is 17.2 Å². The van der Waals surface area contributed by atoms with Gasteiger partial charge < -0.3 is 10.5 Å². The lowest BCUT2D eigenvalue weighted by molar-refractivity contribution is 0.302. The van der Waals surface area contributed by atoms with E-state index >= 15 is 4.39 Å². The molecule has 0 aliphatic rings. The minimum Gasteiger partial charge on any atom is -0.486 e. The number of anilines is 1. The van der Waals surface area contributed by atoms with Crippen molar-refractivity contribution < 1.29 is 9.13 Å². The predicted molar refractivity (Wildman–Crippen MR) is 105 cm³/mol. The van der Waals surface area contributed by atoms with Crippen LogP contribution < -0.4 is 10.5 Å². The number of aryl methyl sites for hydroxylation is 1. The van der Waals surface area contributed by atoms with Gasteiger partial charge in [-0.25, -0.2) is 14.4 Å². The molecule has 0 amide bonds. The molecule has 0 unspecified atom stereocenters. The molecule has 0 aliphatic heterocycles. The van der Waals surface area contributed by atoms with Crippen molar-refractivity contribution in [2.75, 3.05) is 5.73 Å². The molecule has 0 aliphatic carbocycles. The van der Waals surface area contributed by atoms with Crippen molar-refractivity contribution in [1.29, 1.82) is 0 Å². The molecule has 2 aromatic carbocycles. The molecule has 7 nitrogen and oxygen atoms in total. The average Bonchev–Trinajstić information content (AvgIpc) is 3.08. The van der Waals surface area contributed by atoms with Gasteiger partial charge in [0.25, 0.3) is 0 Å². The number of nitrogens with zero attached hydrogens (tertiary/aromatic N) is 5. The molecule has 0 fully saturated rings. The third kappa shape index (κ3) is 3.21. The molecule has 0 bridgehead atoms. The molecule has 2 heterocycles. The monoisotopic (exact) mass is 418 g/mol. The Balaban J connectivity index is 1.88. The van der Waals surface area contributed by atoms with E-state index in [1.807, 2.05) is 0 Å². The fourth-order valence-corrected chi connectivity index (χ4v) is 3.27. The smallest absolute Gasteiger partial charge is 0.138 e. The van der Waals surface area contributed by atoms with Crippen LogP contribution in [0.3, 0.4) is 0 Å². The summed E-state index contributed by atoms with van der Waals surface area (Å²) in [7, 11) is 1.69. The number of benzene rings is 2. The maximum Gasteiger partial charge on any atom is 0.138 e. The van der Waals surface area contributed by atoms with Gasteiger partial charge in [0, 0.05) is 24.2 Å². The molecule has 4 aromatic rings. The summed E-state index contributed by atoms with van der Waals surface area (Å²) in [6.45, 7) is 0.0774. The Kier molecular flexibility index (Phi) is 4.74. The van der Waals surface area contributed by atoms with Gasteiger partial charge in [-0.05, 0) is 6.07 Å². The highest BCUT2D eigenvalue weighted by Crippen LogP contribution is 2.42. The molecule has 10 heteroatoms. The zero-order valence-corrected chi connectivity index (χ0v) is 16.0. The number of hydrogen-bond acceptors (Lipinski definition) is 6. The fraction of sp³-hybridized carbons (Fsp3) is 0.111. The number of nitrogens with two attached hydrogens (primary N) is 1. The third-order valence-electron chi connectivity index (χ3n) is 4.10. The van der Waals surface area contributed by atoms with Gasteiger partial charge in [-0.2, -0.15) is 15.0 Å². The molecule has 0 spiro atoms. The van der Waals surface area contributed by atoms with Gasteiger partial charge in [0.15, 0.2) is 0 Å². The Morgan fingerprint density at radius 1 is 1.25 bits per heavy atom. The van der Waals surface area contributed by atoms with Crippen molar-refractivity contribution in [1.82, 2.24) is 25.0 Å². The molecule has 2 N–H and O–H groups in total. The van der Waals surface area contributed by atoms with Crippen molar-refractivity contribution in [2.45, 2.75) is 6.61 Å². The Hall–Kier alpha value is -2.97. The molecule has 4 rings (SSSR count). The lowest BCUT2D eigenvalue weighted by Crippen LogP contribution is -2.03. The van der Waals surface area contributed by atoms with Crippen molar-refractivity contribution in [2.24, 2.45) is 7.05 Å². The van der Waals surface area contributed by atoms with Crippen LogP contribution in [0.4, 0.5) is 10.2 Å². The number of ether oxygens (including phenoxy) is 1. The van der Waals surface area contributed by atoms with E-state index in [0.717, 1.165) is 0 Å². The van der Waals surface area contributed by atoms with Crippen molar-refractivity contribution in [3.63, 3.8) is 0 Å². The normalized spacial score (nSPS) is 11.1. The van der Waals surface area contributed by atoms with Crippen LogP contribution in [0.5, 0.6) is 5.75 Å². The van der Waals surface area contributed by atoms with E-state index in [0.29, 0.717) is 21.7 Å². The first-order valence-corrected chi connectivity index (χ1v) is 8.86. The third-order valence-corrected chi connectivity index (χ3v) is 4.92. The summed E-state index contributed by atoms with van der Waals surface area (Å²) >= 11 is 12.4. The molecular formula is C18H13Cl2FN6O. The molecule has 0 radical (unpaired) electrons. The highest BCUT2D eigenvalue weighted by atomic mass is 35.5. The van der Waals surface area contributed by atoms with Crippen LogP contribution in [0.2, 0.25) is 10.0 Å². The van der Waals surface area contributed by atoms with Gasteiger partial charge in [-0.15, -0.1) is 0 Å². The molecule has 0 saturated heterocycles. The van der Waals surface area contributed by atoms with Crippen LogP contribution in [0.25, 0.3) is 22.0 Å². The standard InChI is InChI=1S/C18H13Cl2FN6O/c1-27-25-6-9(26-27)7-28-13-5-12(21)14(10-3-2-4-11(19)16(10)20)17-15(13)18(22)24-8-23-17/h2-6,8H,7H2,1H3,(H2,22,23,24). The quantitative estimate of drug-likeness (QED) is 0.537. The van der Waals surface area contributed by atoms with Crippen LogP contribution in [0.15, 0.2) is 36.8 Å². The number of fused-ring (bicyclic) bond motifs is 1. The summed E-state index contributed by atoms with van der Waals surface area (Å²) in [5, 5.41) is 9.00. The first kappa shape index (κ1) is 18.4. The first-order chi connectivity index (χ1) is 13.5. The van der Waals surface area contributed by atoms with Crippen LogP contribution in [0, 0.1) is 5.82 Å². The Morgan fingerprint density at radius 3 is 2.82 bits per heavy atom.